The average molecular weight is 400 g/mol. The van der Waals surface area contributed by atoms with Crippen molar-refractivity contribution >= 4 is 28.3 Å². The first-order chi connectivity index (χ1) is 13.6. The summed E-state index contributed by atoms with van der Waals surface area (Å²) in [5.41, 5.74) is 1.49. The molecule has 144 valence electrons. The smallest absolute Gasteiger partial charge is 0.247 e. The quantitative estimate of drug-likeness (QED) is 0.703. The monoisotopic (exact) mass is 400 g/mol. The second-order valence-corrected chi connectivity index (χ2v) is 7.37. The van der Waals surface area contributed by atoms with Gasteiger partial charge in [0.25, 0.3) is 0 Å². The van der Waals surface area contributed by atoms with E-state index < -0.39 is 0 Å². The van der Waals surface area contributed by atoms with Crippen LogP contribution in [0.1, 0.15) is 24.2 Å². The molecule has 1 amide bonds. The Morgan fingerprint density at radius 1 is 1.11 bits per heavy atom. The molecule has 1 fully saturated rings. The zero-order chi connectivity index (χ0) is 19.5. The molecule has 5 nitrogen and oxygen atoms in total. The van der Waals surface area contributed by atoms with Crippen molar-refractivity contribution in [1.82, 2.24) is 9.36 Å². The maximum absolute atomic E-state index is 13.0. The Kier molecular flexibility index (Phi) is 5.29. The van der Waals surface area contributed by atoms with Crippen molar-refractivity contribution in [3.63, 3.8) is 0 Å². The Labute approximate surface area is 165 Å². The van der Waals surface area contributed by atoms with Crippen molar-refractivity contribution in [2.75, 3.05) is 16.8 Å². The molecule has 0 aliphatic carbocycles. The number of aromatic nitrogens is 2. The molecule has 1 aliphatic heterocycles. The Hall–Kier alpha value is -2.87. The molecule has 28 heavy (non-hydrogen) atoms. The molecule has 1 aromatic heterocycles. The van der Waals surface area contributed by atoms with Crippen molar-refractivity contribution in [3.8, 4) is 0 Å². The highest BCUT2D eigenvalue weighted by atomic mass is 32.1. The Morgan fingerprint density at radius 2 is 1.79 bits per heavy atom. The van der Waals surface area contributed by atoms with Crippen molar-refractivity contribution in [2.45, 2.75) is 25.3 Å². The predicted molar refractivity (Wildman–Crippen MR) is 105 cm³/mol. The van der Waals surface area contributed by atoms with E-state index in [4.69, 9.17) is 0 Å². The molecule has 0 bridgehead atoms. The maximum Gasteiger partial charge on any atom is 0.247 e. The third-order valence-corrected chi connectivity index (χ3v) is 5.44. The molecule has 1 aliphatic rings. The molecule has 4 rings (SSSR count). The zero-order valence-electron chi connectivity index (χ0n) is 14.9. The molecule has 2 aromatic carbocycles. The molecular weight excluding hydrogens is 382 g/mol. The van der Waals surface area contributed by atoms with Crippen LogP contribution in [0.5, 0.6) is 0 Å². The Bertz CT molecular complexity index is 959. The van der Waals surface area contributed by atoms with Gasteiger partial charge in [0.15, 0.2) is 0 Å². The molecule has 2 heterocycles. The van der Waals surface area contributed by atoms with Gasteiger partial charge in [0.1, 0.15) is 23.5 Å². The molecule has 1 N–H and O–H groups in total. The number of hydrogen-bond donors (Lipinski definition) is 1. The first-order valence-electron chi connectivity index (χ1n) is 8.98. The van der Waals surface area contributed by atoms with Gasteiger partial charge in [0, 0.05) is 30.2 Å². The number of nitrogens with zero attached hydrogens (tertiary/aromatic N) is 3. The lowest BCUT2D eigenvalue weighted by atomic mass is 10.1. The normalized spacial score (nSPS) is 16.4. The molecule has 8 heteroatoms. The van der Waals surface area contributed by atoms with Crippen molar-refractivity contribution in [1.29, 1.82) is 0 Å². The third-order valence-electron chi connectivity index (χ3n) is 4.65. The standard InChI is InChI=1S/C20H18F2N4OS/c21-14-5-3-13(4-6-14)12-18-24-20(28-25-18)26-11-1-2-17(26)19(27)23-16-9-7-15(22)8-10-16/h3-10,17H,1-2,11-12H2,(H,23,27)/t17-/m1/s1. The second-order valence-electron chi connectivity index (χ2n) is 6.64. The Morgan fingerprint density at radius 3 is 2.50 bits per heavy atom. The van der Waals surface area contributed by atoms with Crippen molar-refractivity contribution in [2.24, 2.45) is 0 Å². The van der Waals surface area contributed by atoms with Crippen LogP contribution in [0, 0.1) is 11.6 Å². The molecule has 3 aromatic rings. The van der Waals surface area contributed by atoms with Gasteiger partial charge in [-0.05, 0) is 54.8 Å². The van der Waals surface area contributed by atoms with E-state index in [1.54, 1.807) is 12.1 Å². The predicted octanol–water partition coefficient (Wildman–Crippen LogP) is 4.01. The van der Waals surface area contributed by atoms with E-state index in [0.717, 1.165) is 24.9 Å². The lowest BCUT2D eigenvalue weighted by Crippen LogP contribution is -2.39. The number of anilines is 2. The van der Waals surface area contributed by atoms with Crippen molar-refractivity contribution in [3.05, 3.63) is 71.6 Å². The van der Waals surface area contributed by atoms with Gasteiger partial charge < -0.3 is 10.2 Å². The van der Waals surface area contributed by atoms with Gasteiger partial charge in [0.05, 0.1) is 0 Å². The molecule has 1 atom stereocenters. The zero-order valence-corrected chi connectivity index (χ0v) is 15.8. The minimum Gasteiger partial charge on any atom is -0.335 e. The number of carbonyl (C=O) groups excluding carboxylic acids is 1. The first kappa shape index (κ1) is 18.5. The molecule has 0 spiro atoms. The van der Waals surface area contributed by atoms with E-state index in [9.17, 15) is 13.6 Å². The summed E-state index contributed by atoms with van der Waals surface area (Å²) in [5.74, 6) is -0.110. The van der Waals surface area contributed by atoms with E-state index >= 15 is 0 Å². The largest absolute Gasteiger partial charge is 0.335 e. The lowest BCUT2D eigenvalue weighted by Gasteiger charge is -2.22. The molecule has 1 saturated heterocycles. The first-order valence-corrected chi connectivity index (χ1v) is 9.76. The van der Waals surface area contributed by atoms with Gasteiger partial charge in [-0.2, -0.15) is 4.37 Å². The Balaban J connectivity index is 1.44. The highest BCUT2D eigenvalue weighted by Crippen LogP contribution is 2.28. The number of amides is 1. The summed E-state index contributed by atoms with van der Waals surface area (Å²) in [4.78, 5) is 19.2. The number of nitrogens with one attached hydrogen (secondary N) is 1. The minimum atomic E-state index is -0.344. The van der Waals surface area contributed by atoms with Crippen LogP contribution < -0.4 is 10.2 Å². The summed E-state index contributed by atoms with van der Waals surface area (Å²) in [6, 6.07) is 11.6. The fourth-order valence-corrected chi connectivity index (χ4v) is 4.01. The summed E-state index contributed by atoms with van der Waals surface area (Å²) in [6.45, 7) is 0.729. The minimum absolute atomic E-state index is 0.139. The summed E-state index contributed by atoms with van der Waals surface area (Å²) >= 11 is 1.26. The fraction of sp³-hybridized carbons (Fsp3) is 0.250. The van der Waals surface area contributed by atoms with Crippen molar-refractivity contribution < 1.29 is 13.6 Å². The van der Waals surface area contributed by atoms with Crippen LogP contribution in [0.25, 0.3) is 0 Å². The topological polar surface area (TPSA) is 58.1 Å². The second kappa shape index (κ2) is 8.02. The van der Waals surface area contributed by atoms with Gasteiger partial charge in [-0.3, -0.25) is 4.79 Å². The summed E-state index contributed by atoms with van der Waals surface area (Å²) in [5, 5.41) is 3.54. The number of hydrogen-bond acceptors (Lipinski definition) is 5. The SMILES string of the molecule is O=C(Nc1ccc(F)cc1)[C@H]1CCCN1c1nc(Cc2ccc(F)cc2)ns1. The van der Waals surface area contributed by atoms with E-state index in [1.807, 2.05) is 4.90 Å². The average Bonchev–Trinajstić information content (AvgIpc) is 3.34. The maximum atomic E-state index is 13.0. The van der Waals surface area contributed by atoms with Crippen LogP contribution in [0.2, 0.25) is 0 Å². The molecule has 0 unspecified atom stereocenters. The van der Waals surface area contributed by atoms with E-state index in [-0.39, 0.29) is 23.6 Å². The highest BCUT2D eigenvalue weighted by molar-refractivity contribution is 7.09. The number of benzene rings is 2. The van der Waals surface area contributed by atoms with Gasteiger partial charge in [-0.15, -0.1) is 0 Å². The van der Waals surface area contributed by atoms with Crippen LogP contribution >= 0.6 is 11.5 Å². The molecule has 0 saturated carbocycles. The molecule has 0 radical (unpaired) electrons. The lowest BCUT2D eigenvalue weighted by molar-refractivity contribution is -0.117. The van der Waals surface area contributed by atoms with Gasteiger partial charge in [-0.25, -0.2) is 13.8 Å². The van der Waals surface area contributed by atoms with Gasteiger partial charge in [-0.1, -0.05) is 12.1 Å². The van der Waals surface area contributed by atoms with Crippen LogP contribution in [0.3, 0.4) is 0 Å². The number of carbonyl (C=O) groups is 1. The van der Waals surface area contributed by atoms with Gasteiger partial charge >= 0.3 is 0 Å². The number of halogens is 2. The van der Waals surface area contributed by atoms with E-state index in [2.05, 4.69) is 14.7 Å². The third kappa shape index (κ3) is 4.17. The highest BCUT2D eigenvalue weighted by Gasteiger charge is 2.33. The fourth-order valence-electron chi connectivity index (χ4n) is 3.25. The van der Waals surface area contributed by atoms with E-state index in [0.29, 0.717) is 23.1 Å². The van der Waals surface area contributed by atoms with Crippen LogP contribution in [-0.2, 0) is 11.2 Å². The summed E-state index contributed by atoms with van der Waals surface area (Å²) in [6.07, 6.45) is 2.12. The van der Waals surface area contributed by atoms with Gasteiger partial charge in [0.2, 0.25) is 11.0 Å². The summed E-state index contributed by atoms with van der Waals surface area (Å²) < 4.78 is 30.5. The molecular formula is C20H18F2N4OS. The van der Waals surface area contributed by atoms with Crippen LogP contribution in [0.15, 0.2) is 48.5 Å². The van der Waals surface area contributed by atoms with Crippen LogP contribution in [-0.4, -0.2) is 27.9 Å². The van der Waals surface area contributed by atoms with E-state index in [1.165, 1.54) is 47.9 Å². The summed E-state index contributed by atoms with van der Waals surface area (Å²) in [7, 11) is 0. The van der Waals surface area contributed by atoms with Crippen LogP contribution in [0.4, 0.5) is 19.6 Å². The number of rotatable bonds is 5.